The molecule has 18 heavy (non-hydrogen) atoms. The molecule has 0 amide bonds. The van der Waals surface area contributed by atoms with Gasteiger partial charge in [0.1, 0.15) is 5.56 Å². The van der Waals surface area contributed by atoms with Gasteiger partial charge in [0.05, 0.1) is 11.9 Å². The van der Waals surface area contributed by atoms with E-state index in [-0.39, 0.29) is 0 Å². The van der Waals surface area contributed by atoms with Gasteiger partial charge in [0, 0.05) is 12.1 Å². The van der Waals surface area contributed by atoms with Crippen molar-refractivity contribution in [2.75, 3.05) is 5.73 Å². The molecule has 0 unspecified atom stereocenters. The van der Waals surface area contributed by atoms with Gasteiger partial charge >= 0.3 is 12.5 Å². The average Bonchev–Trinajstić information content (AvgIpc) is 2.16. The van der Waals surface area contributed by atoms with E-state index >= 15 is 0 Å². The van der Waals surface area contributed by atoms with Gasteiger partial charge in [-0.2, -0.15) is 13.2 Å². The molecule has 0 atom stereocenters. The third-order valence-corrected chi connectivity index (χ3v) is 1.88. The smallest absolute Gasteiger partial charge is 0.397 e. The fraction of sp³-hybridized carbons (Fsp3) is 0.375. The Morgan fingerprint density at radius 3 is 2.11 bits per heavy atom. The number of aromatic nitrogens is 1. The molecule has 0 saturated carbocycles. The summed E-state index contributed by atoms with van der Waals surface area (Å²) in [5, 5.41) is 0. The van der Waals surface area contributed by atoms with Crippen molar-refractivity contribution in [1.82, 2.24) is 4.98 Å². The minimum Gasteiger partial charge on any atom is -0.397 e. The highest BCUT2D eigenvalue weighted by Gasteiger charge is 2.42. The molecule has 0 aromatic carbocycles. The zero-order valence-corrected chi connectivity index (χ0v) is 8.56. The minimum absolute atomic E-state index is 0.459. The van der Waals surface area contributed by atoms with E-state index in [4.69, 9.17) is 11.5 Å². The van der Waals surface area contributed by atoms with Crippen LogP contribution in [-0.4, -0.2) is 11.3 Å². The molecule has 4 nitrogen and oxygen atoms in total. The third kappa shape index (κ3) is 3.15. The van der Waals surface area contributed by atoms with E-state index in [1.807, 2.05) is 0 Å². The first kappa shape index (κ1) is 14.4. The predicted octanol–water partition coefficient (Wildman–Crippen LogP) is 2.04. The van der Waals surface area contributed by atoms with Gasteiger partial charge in [-0.1, -0.05) is 0 Å². The molecule has 1 rings (SSSR count). The van der Waals surface area contributed by atoms with Crippen LogP contribution in [0.3, 0.4) is 0 Å². The number of nitrogens with two attached hydrogens (primary N) is 2. The largest absolute Gasteiger partial charge is 0.574 e. The minimum atomic E-state index is -5.30. The Labute approximate surface area is 96.5 Å². The second-order valence-electron chi connectivity index (χ2n) is 3.12. The fourth-order valence-corrected chi connectivity index (χ4v) is 1.24. The number of hydrogen-bond acceptors (Lipinski definition) is 4. The van der Waals surface area contributed by atoms with Crippen molar-refractivity contribution >= 4 is 5.69 Å². The summed E-state index contributed by atoms with van der Waals surface area (Å²) < 4.78 is 77.0. The number of halogens is 6. The van der Waals surface area contributed by atoms with E-state index < -0.39 is 41.8 Å². The second-order valence-corrected chi connectivity index (χ2v) is 3.12. The first-order chi connectivity index (χ1) is 8.06. The van der Waals surface area contributed by atoms with E-state index in [0.717, 1.165) is 0 Å². The maximum atomic E-state index is 12.7. The van der Waals surface area contributed by atoms with Gasteiger partial charge in [0.25, 0.3) is 0 Å². The molecular weight excluding hydrogens is 268 g/mol. The average molecular weight is 275 g/mol. The van der Waals surface area contributed by atoms with Crippen LogP contribution in [0.15, 0.2) is 6.20 Å². The van der Waals surface area contributed by atoms with Gasteiger partial charge in [-0.25, -0.2) is 4.98 Å². The molecule has 1 heterocycles. The second kappa shape index (κ2) is 4.52. The molecule has 1 aromatic heterocycles. The Bertz CT molecular complexity index is 442. The topological polar surface area (TPSA) is 74.2 Å². The van der Waals surface area contributed by atoms with Crippen molar-refractivity contribution in [1.29, 1.82) is 0 Å². The van der Waals surface area contributed by atoms with Crippen molar-refractivity contribution in [3.63, 3.8) is 0 Å². The molecular formula is C8H7F6N3O. The molecule has 0 saturated heterocycles. The summed E-state index contributed by atoms with van der Waals surface area (Å²) in [6.07, 6.45) is -9.79. The van der Waals surface area contributed by atoms with Crippen LogP contribution in [0.2, 0.25) is 0 Å². The number of nitrogens with zero attached hydrogens (tertiary/aromatic N) is 1. The van der Waals surface area contributed by atoms with E-state index in [2.05, 4.69) is 9.72 Å². The maximum absolute atomic E-state index is 12.7. The van der Waals surface area contributed by atoms with E-state index in [1.165, 1.54) is 0 Å². The zero-order valence-electron chi connectivity index (χ0n) is 8.56. The monoisotopic (exact) mass is 275 g/mol. The van der Waals surface area contributed by atoms with Crippen LogP contribution >= 0.6 is 0 Å². The van der Waals surface area contributed by atoms with E-state index in [0.29, 0.717) is 6.20 Å². The molecule has 0 radical (unpaired) electrons. The molecule has 102 valence electrons. The number of hydrogen-bond donors (Lipinski definition) is 2. The van der Waals surface area contributed by atoms with Crippen LogP contribution in [0, 0.1) is 0 Å². The summed E-state index contributed by atoms with van der Waals surface area (Å²) in [6, 6.07) is 0. The number of rotatable bonds is 2. The van der Waals surface area contributed by atoms with Crippen LogP contribution in [0.4, 0.5) is 32.0 Å². The number of nitrogen functional groups attached to an aromatic ring is 1. The lowest BCUT2D eigenvalue weighted by molar-refractivity contribution is -0.277. The Hall–Kier alpha value is -1.71. The van der Waals surface area contributed by atoms with Gasteiger partial charge in [-0.15, -0.1) is 13.2 Å². The number of ether oxygens (including phenoxy) is 1. The van der Waals surface area contributed by atoms with Crippen molar-refractivity contribution in [3.05, 3.63) is 17.3 Å². The summed E-state index contributed by atoms with van der Waals surface area (Å²) in [5.41, 5.74) is 7.34. The van der Waals surface area contributed by atoms with Crippen molar-refractivity contribution in [3.8, 4) is 5.88 Å². The Balaban J connectivity index is 3.43. The first-order valence-electron chi connectivity index (χ1n) is 4.36. The Morgan fingerprint density at radius 2 is 1.72 bits per heavy atom. The van der Waals surface area contributed by atoms with Crippen molar-refractivity contribution < 1.29 is 31.1 Å². The highest BCUT2D eigenvalue weighted by molar-refractivity contribution is 5.53. The van der Waals surface area contributed by atoms with Crippen LogP contribution in [0.5, 0.6) is 5.88 Å². The van der Waals surface area contributed by atoms with Gasteiger partial charge in [-0.3, -0.25) is 0 Å². The van der Waals surface area contributed by atoms with Crippen LogP contribution < -0.4 is 16.2 Å². The van der Waals surface area contributed by atoms with Gasteiger partial charge in [0.15, 0.2) is 0 Å². The molecule has 0 fully saturated rings. The first-order valence-corrected chi connectivity index (χ1v) is 4.36. The fourth-order valence-electron chi connectivity index (χ4n) is 1.24. The summed E-state index contributed by atoms with van der Waals surface area (Å²) in [6.45, 7) is -0.697. The van der Waals surface area contributed by atoms with E-state index in [1.54, 1.807) is 0 Å². The highest BCUT2D eigenvalue weighted by atomic mass is 19.4. The van der Waals surface area contributed by atoms with Crippen LogP contribution in [0.1, 0.15) is 11.1 Å². The lowest BCUT2D eigenvalue weighted by Crippen LogP contribution is -2.23. The SMILES string of the molecule is NCc1c(N)cnc(OC(F)(F)F)c1C(F)(F)F. The summed E-state index contributed by atoms with van der Waals surface area (Å²) in [4.78, 5) is 2.90. The quantitative estimate of drug-likeness (QED) is 0.810. The van der Waals surface area contributed by atoms with Gasteiger partial charge in [0.2, 0.25) is 5.88 Å². The third-order valence-electron chi connectivity index (χ3n) is 1.88. The van der Waals surface area contributed by atoms with Crippen molar-refractivity contribution in [2.24, 2.45) is 5.73 Å². The van der Waals surface area contributed by atoms with Crippen LogP contribution in [0.25, 0.3) is 0 Å². The molecule has 10 heteroatoms. The summed E-state index contributed by atoms with van der Waals surface area (Å²) in [7, 11) is 0. The standard InChI is InChI=1S/C8H7F6N3O/c9-7(10,11)5-3(1-15)4(16)2-17-6(5)18-8(12,13)14/h2H,1,15-16H2. The molecule has 0 aliphatic carbocycles. The summed E-state index contributed by atoms with van der Waals surface area (Å²) in [5.74, 6) is -1.62. The molecule has 0 bridgehead atoms. The van der Waals surface area contributed by atoms with E-state index in [9.17, 15) is 26.3 Å². The van der Waals surface area contributed by atoms with Crippen LogP contribution in [-0.2, 0) is 12.7 Å². The Morgan fingerprint density at radius 1 is 1.17 bits per heavy atom. The molecule has 0 spiro atoms. The number of pyridine rings is 1. The Kier molecular flexibility index (Phi) is 3.60. The van der Waals surface area contributed by atoms with Gasteiger partial charge < -0.3 is 16.2 Å². The summed E-state index contributed by atoms with van der Waals surface area (Å²) >= 11 is 0. The highest BCUT2D eigenvalue weighted by Crippen LogP contribution is 2.40. The number of alkyl halides is 6. The van der Waals surface area contributed by atoms with Gasteiger partial charge in [-0.05, 0) is 0 Å². The predicted molar refractivity (Wildman–Crippen MR) is 48.2 cm³/mol. The number of anilines is 1. The lowest BCUT2D eigenvalue weighted by atomic mass is 10.1. The molecule has 1 aromatic rings. The molecule has 0 aliphatic rings. The normalized spacial score (nSPS) is 12.6. The maximum Gasteiger partial charge on any atom is 0.574 e. The molecule has 4 N–H and O–H groups in total. The lowest BCUT2D eigenvalue weighted by Gasteiger charge is -2.18. The zero-order chi connectivity index (χ0) is 14.1. The molecule has 0 aliphatic heterocycles. The van der Waals surface area contributed by atoms with Crippen molar-refractivity contribution in [2.45, 2.75) is 19.1 Å².